The van der Waals surface area contributed by atoms with Gasteiger partial charge in [-0.05, 0) is 48.0 Å². The SMILES string of the molecule is COc1ccc(OC)c(NC(=O)C(=O)NN=Cc2ccc(OC)c(COc3ccccc3Cl)c2)c1. The first-order chi connectivity index (χ1) is 16.9. The average Bonchev–Trinajstić information content (AvgIpc) is 2.88. The summed E-state index contributed by atoms with van der Waals surface area (Å²) in [5, 5.41) is 6.83. The first-order valence-electron chi connectivity index (χ1n) is 10.4. The van der Waals surface area contributed by atoms with Gasteiger partial charge in [0.25, 0.3) is 0 Å². The van der Waals surface area contributed by atoms with Crippen LogP contribution in [0.25, 0.3) is 0 Å². The van der Waals surface area contributed by atoms with Gasteiger partial charge in [0, 0.05) is 11.6 Å². The van der Waals surface area contributed by atoms with Crippen molar-refractivity contribution in [1.29, 1.82) is 0 Å². The molecule has 182 valence electrons. The van der Waals surface area contributed by atoms with Crippen molar-refractivity contribution in [2.24, 2.45) is 5.10 Å². The third kappa shape index (κ3) is 6.87. The van der Waals surface area contributed by atoms with Crippen molar-refractivity contribution >= 4 is 35.3 Å². The van der Waals surface area contributed by atoms with Crippen LogP contribution in [-0.4, -0.2) is 39.4 Å². The van der Waals surface area contributed by atoms with E-state index in [4.69, 9.17) is 30.5 Å². The highest BCUT2D eigenvalue weighted by Gasteiger charge is 2.16. The normalized spacial score (nSPS) is 10.5. The van der Waals surface area contributed by atoms with Gasteiger partial charge in [-0.25, -0.2) is 5.43 Å². The molecule has 2 N–H and O–H groups in total. The summed E-state index contributed by atoms with van der Waals surface area (Å²) >= 11 is 6.14. The van der Waals surface area contributed by atoms with Crippen LogP contribution in [-0.2, 0) is 16.2 Å². The van der Waals surface area contributed by atoms with Gasteiger partial charge in [0.15, 0.2) is 0 Å². The Kier molecular flexibility index (Phi) is 8.91. The molecule has 3 rings (SSSR count). The van der Waals surface area contributed by atoms with Crippen LogP contribution in [0.4, 0.5) is 5.69 Å². The van der Waals surface area contributed by atoms with Gasteiger partial charge in [-0.15, -0.1) is 0 Å². The first-order valence-corrected chi connectivity index (χ1v) is 10.7. The predicted molar refractivity (Wildman–Crippen MR) is 133 cm³/mol. The number of benzene rings is 3. The molecule has 0 radical (unpaired) electrons. The largest absolute Gasteiger partial charge is 0.497 e. The van der Waals surface area contributed by atoms with Crippen molar-refractivity contribution in [2.75, 3.05) is 26.6 Å². The fourth-order valence-corrected chi connectivity index (χ4v) is 3.21. The Hall–Kier alpha value is -4.24. The molecule has 0 unspecified atom stereocenters. The minimum Gasteiger partial charge on any atom is -0.497 e. The molecule has 3 aromatic carbocycles. The molecule has 0 spiro atoms. The van der Waals surface area contributed by atoms with Gasteiger partial charge < -0.3 is 24.3 Å². The van der Waals surface area contributed by atoms with Crippen LogP contribution in [0.1, 0.15) is 11.1 Å². The number of carbonyl (C=O) groups excluding carboxylic acids is 2. The second-order valence-corrected chi connectivity index (χ2v) is 7.42. The number of hydrogen-bond donors (Lipinski definition) is 2. The number of para-hydroxylation sites is 1. The number of hydrogen-bond acceptors (Lipinski definition) is 7. The summed E-state index contributed by atoms with van der Waals surface area (Å²) in [6, 6.07) is 17.2. The molecule has 0 aromatic heterocycles. The lowest BCUT2D eigenvalue weighted by molar-refractivity contribution is -0.136. The molecular weight excluding hydrogens is 474 g/mol. The molecule has 0 bridgehead atoms. The quantitative estimate of drug-likeness (QED) is 0.262. The zero-order chi connectivity index (χ0) is 25.2. The Labute approximate surface area is 207 Å². The Morgan fingerprint density at radius 3 is 2.34 bits per heavy atom. The summed E-state index contributed by atoms with van der Waals surface area (Å²) in [5.74, 6) is 0.152. The molecule has 0 aliphatic carbocycles. The summed E-state index contributed by atoms with van der Waals surface area (Å²) < 4.78 is 21.5. The van der Waals surface area contributed by atoms with E-state index in [1.54, 1.807) is 49.6 Å². The maximum Gasteiger partial charge on any atom is 0.329 e. The highest BCUT2D eigenvalue weighted by molar-refractivity contribution is 6.39. The summed E-state index contributed by atoms with van der Waals surface area (Å²) in [5.41, 5.74) is 3.88. The van der Waals surface area contributed by atoms with E-state index >= 15 is 0 Å². The zero-order valence-electron chi connectivity index (χ0n) is 19.3. The Balaban J connectivity index is 1.63. The number of carbonyl (C=O) groups is 2. The van der Waals surface area contributed by atoms with Crippen LogP contribution in [0.5, 0.6) is 23.0 Å². The average molecular weight is 498 g/mol. The van der Waals surface area contributed by atoms with Crippen LogP contribution in [0.15, 0.2) is 65.8 Å². The molecule has 0 aliphatic rings. The Morgan fingerprint density at radius 1 is 0.886 bits per heavy atom. The van der Waals surface area contributed by atoms with E-state index in [0.717, 1.165) is 5.56 Å². The molecule has 10 heteroatoms. The molecule has 0 atom stereocenters. The number of anilines is 1. The molecule has 0 aliphatic heterocycles. The van der Waals surface area contributed by atoms with Gasteiger partial charge in [-0.1, -0.05) is 23.7 Å². The third-order valence-corrected chi connectivity index (χ3v) is 5.08. The number of nitrogens with one attached hydrogen (secondary N) is 2. The molecule has 0 saturated heterocycles. The van der Waals surface area contributed by atoms with Crippen LogP contribution in [0, 0.1) is 0 Å². The van der Waals surface area contributed by atoms with E-state index in [9.17, 15) is 9.59 Å². The van der Waals surface area contributed by atoms with Crippen molar-refractivity contribution in [1.82, 2.24) is 5.43 Å². The lowest BCUT2D eigenvalue weighted by Gasteiger charge is -2.12. The smallest absolute Gasteiger partial charge is 0.329 e. The minimum atomic E-state index is -0.957. The Bertz CT molecular complexity index is 1230. The second-order valence-electron chi connectivity index (χ2n) is 7.01. The number of ether oxygens (including phenoxy) is 4. The fraction of sp³-hybridized carbons (Fsp3) is 0.160. The number of methoxy groups -OCH3 is 3. The highest BCUT2D eigenvalue weighted by Crippen LogP contribution is 2.29. The van der Waals surface area contributed by atoms with Gasteiger partial charge in [0.05, 0.1) is 38.3 Å². The monoisotopic (exact) mass is 497 g/mol. The molecule has 2 amide bonds. The first kappa shape index (κ1) is 25.4. The molecule has 35 heavy (non-hydrogen) atoms. The molecule has 9 nitrogen and oxygen atoms in total. The van der Waals surface area contributed by atoms with Crippen molar-refractivity contribution in [2.45, 2.75) is 6.61 Å². The summed E-state index contributed by atoms with van der Waals surface area (Å²) in [4.78, 5) is 24.5. The molecular formula is C25H24ClN3O6. The van der Waals surface area contributed by atoms with Gasteiger partial charge in [-0.3, -0.25) is 9.59 Å². The highest BCUT2D eigenvalue weighted by atomic mass is 35.5. The maximum atomic E-state index is 12.3. The van der Waals surface area contributed by atoms with Crippen molar-refractivity contribution in [3.05, 3.63) is 76.8 Å². The van der Waals surface area contributed by atoms with E-state index < -0.39 is 11.8 Å². The number of amides is 2. The maximum absolute atomic E-state index is 12.3. The van der Waals surface area contributed by atoms with Crippen LogP contribution >= 0.6 is 11.6 Å². The standard InChI is InChI=1S/C25H24ClN3O6/c1-32-18-9-11-23(34-3)20(13-18)28-24(30)25(31)29-27-14-16-8-10-21(33-2)17(12-16)15-35-22-7-5-4-6-19(22)26/h4-14H,15H2,1-3H3,(H,28,30)(H,29,31). The third-order valence-electron chi connectivity index (χ3n) is 4.77. The summed E-state index contributed by atoms with van der Waals surface area (Å²) in [6.07, 6.45) is 1.40. The van der Waals surface area contributed by atoms with Gasteiger partial charge in [0.1, 0.15) is 29.6 Å². The molecule has 3 aromatic rings. The minimum absolute atomic E-state index is 0.200. The lowest BCUT2D eigenvalue weighted by atomic mass is 10.1. The van der Waals surface area contributed by atoms with Gasteiger partial charge in [-0.2, -0.15) is 5.10 Å². The van der Waals surface area contributed by atoms with E-state index in [2.05, 4.69) is 15.8 Å². The van der Waals surface area contributed by atoms with E-state index in [-0.39, 0.29) is 12.3 Å². The van der Waals surface area contributed by atoms with E-state index in [1.807, 2.05) is 12.1 Å². The van der Waals surface area contributed by atoms with E-state index in [0.29, 0.717) is 33.6 Å². The van der Waals surface area contributed by atoms with Crippen LogP contribution < -0.4 is 29.7 Å². The van der Waals surface area contributed by atoms with Crippen molar-refractivity contribution in [3.8, 4) is 23.0 Å². The topological polar surface area (TPSA) is 107 Å². The molecule has 0 fully saturated rings. The molecule has 0 heterocycles. The predicted octanol–water partition coefficient (Wildman–Crippen LogP) is 4.03. The summed E-state index contributed by atoms with van der Waals surface area (Å²) in [7, 11) is 4.49. The van der Waals surface area contributed by atoms with Gasteiger partial charge in [0.2, 0.25) is 0 Å². The Morgan fingerprint density at radius 2 is 1.63 bits per heavy atom. The van der Waals surface area contributed by atoms with Crippen LogP contribution in [0.3, 0.4) is 0 Å². The van der Waals surface area contributed by atoms with Gasteiger partial charge >= 0.3 is 11.8 Å². The number of rotatable bonds is 9. The van der Waals surface area contributed by atoms with Crippen LogP contribution in [0.2, 0.25) is 5.02 Å². The molecule has 0 saturated carbocycles. The van der Waals surface area contributed by atoms with E-state index in [1.165, 1.54) is 26.5 Å². The summed E-state index contributed by atoms with van der Waals surface area (Å²) in [6.45, 7) is 0.200. The second kappa shape index (κ2) is 12.3. The number of nitrogens with zero attached hydrogens (tertiary/aromatic N) is 1. The number of halogens is 1. The van der Waals surface area contributed by atoms with Crippen molar-refractivity contribution < 1.29 is 28.5 Å². The lowest BCUT2D eigenvalue weighted by Crippen LogP contribution is -2.32. The fourth-order valence-electron chi connectivity index (χ4n) is 3.02. The number of hydrazone groups is 1. The zero-order valence-corrected chi connectivity index (χ0v) is 20.1. The van der Waals surface area contributed by atoms with Crippen molar-refractivity contribution in [3.63, 3.8) is 0 Å².